The van der Waals surface area contributed by atoms with E-state index in [0.29, 0.717) is 18.3 Å². The Kier molecular flexibility index (Phi) is 5.50. The Hall–Kier alpha value is -0.940. The Morgan fingerprint density at radius 3 is 2.37 bits per heavy atom. The van der Waals surface area contributed by atoms with Crippen LogP contribution in [-0.2, 0) is 10.3 Å². The molecule has 3 unspecified atom stereocenters. The van der Waals surface area contributed by atoms with E-state index in [1.165, 1.54) is 0 Å². The summed E-state index contributed by atoms with van der Waals surface area (Å²) in [7, 11) is 0. The van der Waals surface area contributed by atoms with Gasteiger partial charge in [-0.3, -0.25) is 0 Å². The van der Waals surface area contributed by atoms with Crippen molar-refractivity contribution in [3.8, 4) is 0 Å². The molecule has 1 heterocycles. The largest absolute Gasteiger partial charge is 0.393 e. The van der Waals surface area contributed by atoms with Crippen molar-refractivity contribution in [3.63, 3.8) is 0 Å². The maximum Gasteiger partial charge on any atom is 0.232 e. The Bertz CT molecular complexity index is 382. The van der Waals surface area contributed by atoms with Crippen LogP contribution in [0.2, 0.25) is 0 Å². The normalized spacial score (nSPS) is 18.3. The highest BCUT2D eigenvalue weighted by molar-refractivity contribution is 5.04. The van der Waals surface area contributed by atoms with Gasteiger partial charge in [0.2, 0.25) is 11.7 Å². The quantitative estimate of drug-likeness (QED) is 0.825. The minimum atomic E-state index is -0.531. The van der Waals surface area contributed by atoms with E-state index >= 15 is 0 Å². The van der Waals surface area contributed by atoms with Gasteiger partial charge in [0.25, 0.3) is 0 Å². The summed E-state index contributed by atoms with van der Waals surface area (Å²) in [5.41, 5.74) is -0.531. The van der Waals surface area contributed by atoms with Gasteiger partial charge >= 0.3 is 0 Å². The minimum Gasteiger partial charge on any atom is -0.393 e. The Balaban J connectivity index is 3.04. The molecule has 1 aromatic heterocycles. The summed E-state index contributed by atoms with van der Waals surface area (Å²) in [6.45, 7) is 12.3. The van der Waals surface area contributed by atoms with Crippen LogP contribution < -0.4 is 0 Å². The van der Waals surface area contributed by atoms with Crippen molar-refractivity contribution in [3.05, 3.63) is 11.7 Å². The topological polar surface area (TPSA) is 68.4 Å². The van der Waals surface area contributed by atoms with E-state index in [1.807, 2.05) is 34.6 Å². The van der Waals surface area contributed by atoms with E-state index in [1.54, 1.807) is 6.92 Å². The lowest BCUT2D eigenvalue weighted by atomic mass is 9.91. The maximum atomic E-state index is 9.85. The zero-order chi connectivity index (χ0) is 14.6. The molecule has 110 valence electrons. The van der Waals surface area contributed by atoms with Gasteiger partial charge in [0.15, 0.2) is 0 Å². The van der Waals surface area contributed by atoms with Gasteiger partial charge in [-0.1, -0.05) is 25.9 Å². The molecular weight excluding hydrogens is 244 g/mol. The average molecular weight is 270 g/mol. The predicted octanol–water partition coefficient (Wildman–Crippen LogP) is 2.85. The third-order valence-corrected chi connectivity index (χ3v) is 3.58. The van der Waals surface area contributed by atoms with Crippen LogP contribution in [-0.4, -0.2) is 28.0 Å². The molecule has 0 saturated carbocycles. The second kappa shape index (κ2) is 6.48. The fourth-order valence-corrected chi connectivity index (χ4v) is 2.28. The van der Waals surface area contributed by atoms with Crippen molar-refractivity contribution < 1.29 is 14.4 Å². The summed E-state index contributed by atoms with van der Waals surface area (Å²) in [4.78, 5) is 4.45. The third kappa shape index (κ3) is 3.54. The third-order valence-electron chi connectivity index (χ3n) is 3.58. The lowest BCUT2D eigenvalue weighted by Gasteiger charge is -2.24. The van der Waals surface area contributed by atoms with E-state index in [-0.39, 0.29) is 11.8 Å². The number of hydrogen-bond acceptors (Lipinski definition) is 5. The average Bonchev–Trinajstić information content (AvgIpc) is 2.78. The van der Waals surface area contributed by atoms with Crippen LogP contribution in [0.25, 0.3) is 0 Å². The van der Waals surface area contributed by atoms with Crippen LogP contribution >= 0.6 is 0 Å². The van der Waals surface area contributed by atoms with Crippen LogP contribution in [0.4, 0.5) is 0 Å². The maximum absolute atomic E-state index is 9.85. The molecule has 0 radical (unpaired) electrons. The van der Waals surface area contributed by atoms with Crippen molar-refractivity contribution in [1.82, 2.24) is 10.1 Å². The predicted molar refractivity (Wildman–Crippen MR) is 72.8 cm³/mol. The number of nitrogens with zero attached hydrogens (tertiary/aromatic N) is 2. The zero-order valence-corrected chi connectivity index (χ0v) is 12.8. The first-order valence-electron chi connectivity index (χ1n) is 7.01. The van der Waals surface area contributed by atoms with Gasteiger partial charge < -0.3 is 14.4 Å². The summed E-state index contributed by atoms with van der Waals surface area (Å²) in [6.07, 6.45) is 0.245. The first-order chi connectivity index (χ1) is 8.85. The highest BCUT2D eigenvalue weighted by Gasteiger charge is 2.34. The van der Waals surface area contributed by atoms with Crippen molar-refractivity contribution in [2.45, 2.75) is 65.6 Å². The van der Waals surface area contributed by atoms with Crippen LogP contribution in [0.1, 0.15) is 65.6 Å². The Labute approximate surface area is 115 Å². The highest BCUT2D eigenvalue weighted by atomic mass is 16.5. The Morgan fingerprint density at radius 2 is 1.95 bits per heavy atom. The monoisotopic (exact) mass is 270 g/mol. The van der Waals surface area contributed by atoms with Crippen molar-refractivity contribution in [2.75, 3.05) is 6.61 Å². The first-order valence-corrected chi connectivity index (χ1v) is 7.01. The summed E-state index contributed by atoms with van der Waals surface area (Å²) in [5.74, 6) is 1.12. The van der Waals surface area contributed by atoms with Gasteiger partial charge in [-0.2, -0.15) is 4.98 Å². The SMILES string of the molecule is CCOC(C)(CC)c1noc(C(C(C)C)C(C)O)n1. The summed E-state index contributed by atoms with van der Waals surface area (Å²) in [6, 6.07) is 0. The molecular formula is C14H26N2O3. The van der Waals surface area contributed by atoms with Crippen molar-refractivity contribution in [1.29, 1.82) is 0 Å². The molecule has 1 rings (SSSR count). The van der Waals surface area contributed by atoms with Crippen LogP contribution in [0.5, 0.6) is 0 Å². The van der Waals surface area contributed by atoms with Gasteiger partial charge in [-0.25, -0.2) is 0 Å². The molecule has 1 N–H and O–H groups in total. The van der Waals surface area contributed by atoms with E-state index in [0.717, 1.165) is 6.42 Å². The molecule has 0 spiro atoms. The second-order valence-electron chi connectivity index (χ2n) is 5.48. The molecule has 0 aliphatic rings. The Morgan fingerprint density at radius 1 is 1.32 bits per heavy atom. The summed E-state index contributed by atoms with van der Waals surface area (Å²) >= 11 is 0. The molecule has 5 nitrogen and oxygen atoms in total. The molecule has 0 aromatic carbocycles. The number of hydrogen-bond donors (Lipinski definition) is 1. The molecule has 0 aliphatic heterocycles. The van der Waals surface area contributed by atoms with Crippen molar-refractivity contribution in [2.24, 2.45) is 5.92 Å². The number of aliphatic hydroxyl groups excluding tert-OH is 1. The van der Waals surface area contributed by atoms with Crippen LogP contribution in [0.15, 0.2) is 4.52 Å². The molecule has 0 aliphatic carbocycles. The summed E-state index contributed by atoms with van der Waals surface area (Å²) in [5, 5.41) is 13.9. The smallest absolute Gasteiger partial charge is 0.232 e. The van der Waals surface area contributed by atoms with E-state index < -0.39 is 11.7 Å². The number of ether oxygens (including phenoxy) is 1. The molecule has 19 heavy (non-hydrogen) atoms. The molecule has 0 fully saturated rings. The molecule has 0 bridgehead atoms. The molecule has 3 atom stereocenters. The van der Waals surface area contributed by atoms with Gasteiger partial charge in [-0.15, -0.1) is 0 Å². The zero-order valence-electron chi connectivity index (χ0n) is 12.8. The van der Waals surface area contributed by atoms with Crippen LogP contribution in [0, 0.1) is 5.92 Å². The minimum absolute atomic E-state index is 0.149. The molecule has 0 amide bonds. The fraction of sp³-hybridized carbons (Fsp3) is 0.857. The van der Waals surface area contributed by atoms with E-state index in [9.17, 15) is 5.11 Å². The van der Waals surface area contributed by atoms with E-state index in [4.69, 9.17) is 9.26 Å². The fourth-order valence-electron chi connectivity index (χ4n) is 2.28. The summed E-state index contributed by atoms with van der Waals surface area (Å²) < 4.78 is 11.1. The lowest BCUT2D eigenvalue weighted by molar-refractivity contribution is -0.0403. The van der Waals surface area contributed by atoms with Gasteiger partial charge in [0, 0.05) is 6.61 Å². The van der Waals surface area contributed by atoms with Gasteiger partial charge in [0.05, 0.1) is 12.0 Å². The molecule has 0 saturated heterocycles. The second-order valence-corrected chi connectivity index (χ2v) is 5.48. The lowest BCUT2D eigenvalue weighted by Crippen LogP contribution is -2.27. The van der Waals surface area contributed by atoms with Gasteiger partial charge in [0.1, 0.15) is 5.60 Å². The van der Waals surface area contributed by atoms with Crippen LogP contribution in [0.3, 0.4) is 0 Å². The number of aromatic nitrogens is 2. The highest BCUT2D eigenvalue weighted by Crippen LogP contribution is 2.31. The van der Waals surface area contributed by atoms with E-state index in [2.05, 4.69) is 10.1 Å². The first kappa shape index (κ1) is 16.1. The standard InChI is InChI=1S/C14H26N2O3/c1-7-14(6,18-8-2)13-15-12(19-16-13)11(9(3)4)10(5)17/h9-11,17H,7-8H2,1-6H3. The molecule has 1 aromatic rings. The van der Waals surface area contributed by atoms with Crippen molar-refractivity contribution >= 4 is 0 Å². The van der Waals surface area contributed by atoms with Gasteiger partial charge in [-0.05, 0) is 33.1 Å². The number of rotatable bonds is 7. The number of aliphatic hydroxyl groups is 1. The molecule has 5 heteroatoms.